The van der Waals surface area contributed by atoms with Gasteiger partial charge in [0.05, 0.1) is 5.92 Å². The van der Waals surface area contributed by atoms with Gasteiger partial charge in [0, 0.05) is 6.54 Å². The molecule has 0 aromatic carbocycles. The van der Waals surface area contributed by atoms with E-state index in [0.717, 1.165) is 19.5 Å². The lowest BCUT2D eigenvalue weighted by atomic mass is 9.86. The van der Waals surface area contributed by atoms with E-state index in [1.165, 1.54) is 0 Å². The van der Waals surface area contributed by atoms with E-state index < -0.39 is 5.97 Å². The van der Waals surface area contributed by atoms with Crippen molar-refractivity contribution in [3.63, 3.8) is 0 Å². The summed E-state index contributed by atoms with van der Waals surface area (Å²) >= 11 is 0. The molecule has 12 heavy (non-hydrogen) atoms. The number of nitrogens with zero attached hydrogens (tertiary/aromatic N) is 1. The Kier molecular flexibility index (Phi) is 3.05. The molecule has 0 spiro atoms. The first-order valence-corrected chi connectivity index (χ1v) is 4.26. The highest BCUT2D eigenvalue weighted by molar-refractivity contribution is 5.70. The fourth-order valence-corrected chi connectivity index (χ4v) is 1.78. The van der Waals surface area contributed by atoms with Crippen LogP contribution in [0.3, 0.4) is 0 Å². The van der Waals surface area contributed by atoms with Gasteiger partial charge in [0.2, 0.25) is 0 Å². The number of hydrogen-bond acceptors (Lipinski definition) is 3. The zero-order chi connectivity index (χ0) is 9.14. The van der Waals surface area contributed by atoms with Crippen molar-refractivity contribution in [3.05, 3.63) is 0 Å². The molecule has 0 radical (unpaired) electrons. The Balaban J connectivity index is 2.56. The molecule has 0 bridgehead atoms. The van der Waals surface area contributed by atoms with Crippen molar-refractivity contribution in [1.29, 1.82) is 0 Å². The largest absolute Gasteiger partial charge is 0.481 e. The molecule has 4 heteroatoms. The smallest absolute Gasteiger partial charge is 0.306 e. The molecular weight excluding hydrogens is 156 g/mol. The second kappa shape index (κ2) is 3.87. The highest BCUT2D eigenvalue weighted by atomic mass is 16.4. The van der Waals surface area contributed by atoms with Crippen LogP contribution in [-0.4, -0.2) is 42.7 Å². The van der Waals surface area contributed by atoms with Gasteiger partial charge in [-0.3, -0.25) is 4.79 Å². The maximum absolute atomic E-state index is 10.8. The summed E-state index contributed by atoms with van der Waals surface area (Å²) in [5.41, 5.74) is 5.50. The van der Waals surface area contributed by atoms with E-state index in [2.05, 4.69) is 4.90 Å². The number of likely N-dealkylation sites (tertiary alicyclic amines) is 1. The third-order valence-electron chi connectivity index (χ3n) is 2.56. The van der Waals surface area contributed by atoms with Crippen LogP contribution in [0.4, 0.5) is 0 Å². The van der Waals surface area contributed by atoms with Crippen LogP contribution in [0, 0.1) is 11.8 Å². The van der Waals surface area contributed by atoms with Crippen molar-refractivity contribution in [2.24, 2.45) is 17.6 Å². The minimum Gasteiger partial charge on any atom is -0.481 e. The fourth-order valence-electron chi connectivity index (χ4n) is 1.78. The van der Waals surface area contributed by atoms with Crippen molar-refractivity contribution >= 4 is 5.97 Å². The number of rotatable bonds is 2. The van der Waals surface area contributed by atoms with Gasteiger partial charge in [-0.05, 0) is 32.5 Å². The predicted octanol–water partition coefficient (Wildman–Crippen LogP) is -0.402. The minimum atomic E-state index is -0.696. The van der Waals surface area contributed by atoms with Crippen LogP contribution < -0.4 is 5.73 Å². The summed E-state index contributed by atoms with van der Waals surface area (Å²) in [7, 11) is 2.00. The van der Waals surface area contributed by atoms with Crippen LogP contribution in [-0.2, 0) is 4.79 Å². The number of aliphatic carboxylic acids is 1. The SMILES string of the molecule is CN1CCC(C(=O)O)C(CN)C1. The molecule has 1 rings (SSSR count). The second-order valence-corrected chi connectivity index (χ2v) is 3.49. The van der Waals surface area contributed by atoms with Crippen LogP contribution in [0.25, 0.3) is 0 Å². The van der Waals surface area contributed by atoms with Gasteiger partial charge in [-0.2, -0.15) is 0 Å². The van der Waals surface area contributed by atoms with Gasteiger partial charge in [-0.15, -0.1) is 0 Å². The lowest BCUT2D eigenvalue weighted by Crippen LogP contribution is -2.44. The van der Waals surface area contributed by atoms with Gasteiger partial charge in [-0.25, -0.2) is 0 Å². The summed E-state index contributed by atoms with van der Waals surface area (Å²) in [5.74, 6) is -0.800. The van der Waals surface area contributed by atoms with Crippen LogP contribution in [0.2, 0.25) is 0 Å². The first kappa shape index (κ1) is 9.48. The van der Waals surface area contributed by atoms with E-state index in [1.54, 1.807) is 0 Å². The van der Waals surface area contributed by atoms with Crippen LogP contribution in [0.5, 0.6) is 0 Å². The number of hydrogen-bond donors (Lipinski definition) is 2. The molecule has 70 valence electrons. The van der Waals surface area contributed by atoms with Gasteiger partial charge < -0.3 is 15.7 Å². The molecule has 0 aromatic heterocycles. The minimum absolute atomic E-state index is 0.126. The Morgan fingerprint density at radius 3 is 2.92 bits per heavy atom. The third-order valence-corrected chi connectivity index (χ3v) is 2.56. The molecule has 1 aliphatic heterocycles. The Morgan fingerprint density at radius 2 is 2.42 bits per heavy atom. The summed E-state index contributed by atoms with van der Waals surface area (Å²) in [6.45, 7) is 2.16. The van der Waals surface area contributed by atoms with Crippen molar-refractivity contribution in [1.82, 2.24) is 4.90 Å². The van der Waals surface area contributed by atoms with Crippen LogP contribution in [0.1, 0.15) is 6.42 Å². The number of carbonyl (C=O) groups is 1. The molecular formula is C8H16N2O2. The van der Waals surface area contributed by atoms with E-state index in [0.29, 0.717) is 6.54 Å². The Morgan fingerprint density at radius 1 is 1.75 bits per heavy atom. The predicted molar refractivity (Wildman–Crippen MR) is 45.8 cm³/mol. The number of carboxylic acids is 1. The molecule has 0 amide bonds. The van der Waals surface area contributed by atoms with E-state index in [-0.39, 0.29) is 11.8 Å². The third kappa shape index (κ3) is 1.95. The summed E-state index contributed by atoms with van der Waals surface area (Å²) in [6.07, 6.45) is 0.730. The second-order valence-electron chi connectivity index (χ2n) is 3.49. The molecule has 3 N–H and O–H groups in total. The van der Waals surface area contributed by atoms with E-state index >= 15 is 0 Å². The van der Waals surface area contributed by atoms with Gasteiger partial charge in [0.1, 0.15) is 0 Å². The summed E-state index contributed by atoms with van der Waals surface area (Å²) in [5, 5.41) is 8.85. The number of carboxylic acid groups (broad SMARTS) is 1. The van der Waals surface area contributed by atoms with Gasteiger partial charge in [0.15, 0.2) is 0 Å². The molecule has 1 saturated heterocycles. The van der Waals surface area contributed by atoms with Crippen LogP contribution >= 0.6 is 0 Å². The molecule has 1 fully saturated rings. The van der Waals surface area contributed by atoms with E-state index in [1.807, 2.05) is 7.05 Å². The molecule has 1 heterocycles. The molecule has 0 aliphatic carbocycles. The molecule has 0 aromatic rings. The zero-order valence-corrected chi connectivity index (χ0v) is 7.36. The van der Waals surface area contributed by atoms with Crippen LogP contribution in [0.15, 0.2) is 0 Å². The van der Waals surface area contributed by atoms with E-state index in [4.69, 9.17) is 10.8 Å². The summed E-state index contributed by atoms with van der Waals surface area (Å²) < 4.78 is 0. The average Bonchev–Trinajstić information content (AvgIpc) is 2.03. The van der Waals surface area contributed by atoms with Crippen molar-refractivity contribution in [2.45, 2.75) is 6.42 Å². The summed E-state index contributed by atoms with van der Waals surface area (Å²) in [4.78, 5) is 12.9. The van der Waals surface area contributed by atoms with Crippen molar-refractivity contribution in [3.8, 4) is 0 Å². The van der Waals surface area contributed by atoms with E-state index in [9.17, 15) is 4.79 Å². The van der Waals surface area contributed by atoms with Gasteiger partial charge >= 0.3 is 5.97 Å². The Hall–Kier alpha value is -0.610. The monoisotopic (exact) mass is 172 g/mol. The highest BCUT2D eigenvalue weighted by Crippen LogP contribution is 2.21. The fraction of sp³-hybridized carbons (Fsp3) is 0.875. The maximum Gasteiger partial charge on any atom is 0.306 e. The maximum atomic E-state index is 10.8. The lowest BCUT2D eigenvalue weighted by molar-refractivity contribution is -0.145. The van der Waals surface area contributed by atoms with Gasteiger partial charge in [-0.1, -0.05) is 0 Å². The quantitative estimate of drug-likeness (QED) is 0.594. The lowest BCUT2D eigenvalue weighted by Gasteiger charge is -2.33. The molecule has 2 atom stereocenters. The number of piperidine rings is 1. The topological polar surface area (TPSA) is 66.6 Å². The van der Waals surface area contributed by atoms with Crippen molar-refractivity contribution in [2.75, 3.05) is 26.7 Å². The number of nitrogens with two attached hydrogens (primary N) is 1. The Bertz CT molecular complexity index is 172. The zero-order valence-electron chi connectivity index (χ0n) is 7.36. The first-order valence-electron chi connectivity index (χ1n) is 4.26. The molecule has 0 saturated carbocycles. The molecule has 1 aliphatic rings. The van der Waals surface area contributed by atoms with Gasteiger partial charge in [0.25, 0.3) is 0 Å². The molecule has 2 unspecified atom stereocenters. The summed E-state index contributed by atoms with van der Waals surface area (Å²) in [6, 6.07) is 0. The van der Waals surface area contributed by atoms with Crippen molar-refractivity contribution < 1.29 is 9.90 Å². The molecule has 4 nitrogen and oxygen atoms in total. The highest BCUT2D eigenvalue weighted by Gasteiger charge is 2.31. The Labute approximate surface area is 72.3 Å². The standard InChI is InChI=1S/C8H16N2O2/c1-10-3-2-7(8(11)12)6(4-9)5-10/h6-7H,2-5,9H2,1H3,(H,11,12). The normalized spacial score (nSPS) is 31.8. The first-order chi connectivity index (χ1) is 5.65. The average molecular weight is 172 g/mol.